The van der Waals surface area contributed by atoms with Crippen molar-refractivity contribution in [3.63, 3.8) is 0 Å². The third-order valence-corrected chi connectivity index (χ3v) is 5.04. The Labute approximate surface area is 159 Å². The number of likely N-dealkylation sites (tertiary alicyclic amines) is 1. The molecule has 0 spiro atoms. The molecular formula is C21H23NO3S. The first-order chi connectivity index (χ1) is 12.6. The van der Waals surface area contributed by atoms with Crippen molar-refractivity contribution in [2.45, 2.75) is 26.2 Å². The number of esters is 1. The number of benzene rings is 2. The van der Waals surface area contributed by atoms with Crippen LogP contribution in [0.4, 0.5) is 0 Å². The molecule has 4 nitrogen and oxygen atoms in total. The summed E-state index contributed by atoms with van der Waals surface area (Å²) in [6, 6.07) is 12.7. The summed E-state index contributed by atoms with van der Waals surface area (Å²) in [5.74, 6) is 0.486. The molecule has 1 saturated heterocycles. The minimum Gasteiger partial charge on any atom is -0.493 e. The number of piperidine rings is 1. The predicted molar refractivity (Wildman–Crippen MR) is 106 cm³/mol. The third-order valence-electron chi connectivity index (χ3n) is 4.54. The lowest BCUT2D eigenvalue weighted by molar-refractivity contribution is 0.0729. The Morgan fingerprint density at radius 3 is 2.27 bits per heavy atom. The van der Waals surface area contributed by atoms with Crippen LogP contribution in [-0.2, 0) is 0 Å². The number of hydrogen-bond acceptors (Lipinski definition) is 4. The molecule has 0 saturated carbocycles. The molecule has 1 aliphatic rings. The van der Waals surface area contributed by atoms with Gasteiger partial charge in [0, 0.05) is 18.7 Å². The largest absolute Gasteiger partial charge is 0.493 e. The number of ether oxygens (including phenoxy) is 2. The number of methoxy groups -OCH3 is 1. The Morgan fingerprint density at radius 2 is 1.62 bits per heavy atom. The van der Waals surface area contributed by atoms with Gasteiger partial charge in [0.15, 0.2) is 11.5 Å². The van der Waals surface area contributed by atoms with E-state index < -0.39 is 5.97 Å². The lowest BCUT2D eigenvalue weighted by atomic mass is 10.1. The first-order valence-corrected chi connectivity index (χ1v) is 9.25. The second-order valence-corrected chi connectivity index (χ2v) is 6.86. The Balaban J connectivity index is 1.77. The number of carbonyl (C=O) groups is 1. The second-order valence-electron chi connectivity index (χ2n) is 6.47. The van der Waals surface area contributed by atoms with Crippen LogP contribution in [0.2, 0.25) is 0 Å². The van der Waals surface area contributed by atoms with Gasteiger partial charge >= 0.3 is 5.97 Å². The normalized spacial score (nSPS) is 14.0. The van der Waals surface area contributed by atoms with Crippen LogP contribution in [0.25, 0.3) is 0 Å². The Hall–Kier alpha value is -2.40. The summed E-state index contributed by atoms with van der Waals surface area (Å²) < 4.78 is 10.9. The van der Waals surface area contributed by atoms with Crippen LogP contribution >= 0.6 is 12.2 Å². The molecule has 0 aliphatic carbocycles. The second kappa shape index (κ2) is 8.32. The molecule has 0 N–H and O–H groups in total. The molecule has 0 radical (unpaired) electrons. The fourth-order valence-corrected chi connectivity index (χ4v) is 3.32. The van der Waals surface area contributed by atoms with Gasteiger partial charge in [-0.25, -0.2) is 4.79 Å². The van der Waals surface area contributed by atoms with E-state index in [9.17, 15) is 4.79 Å². The van der Waals surface area contributed by atoms with Gasteiger partial charge in [-0.2, -0.15) is 0 Å². The van der Waals surface area contributed by atoms with E-state index in [1.54, 1.807) is 25.3 Å². The highest BCUT2D eigenvalue weighted by atomic mass is 32.1. The highest BCUT2D eigenvalue weighted by Crippen LogP contribution is 2.30. The monoisotopic (exact) mass is 369 g/mol. The molecule has 5 heteroatoms. The molecular weight excluding hydrogens is 346 g/mol. The molecule has 3 rings (SSSR count). The van der Waals surface area contributed by atoms with E-state index in [2.05, 4.69) is 4.90 Å². The van der Waals surface area contributed by atoms with E-state index in [4.69, 9.17) is 21.7 Å². The average molecular weight is 369 g/mol. The number of rotatable bonds is 4. The maximum atomic E-state index is 12.3. The summed E-state index contributed by atoms with van der Waals surface area (Å²) >= 11 is 5.63. The van der Waals surface area contributed by atoms with Crippen molar-refractivity contribution in [2.24, 2.45) is 0 Å². The quantitative estimate of drug-likeness (QED) is 0.454. The van der Waals surface area contributed by atoms with Crippen molar-refractivity contribution >= 4 is 23.2 Å². The average Bonchev–Trinajstić information content (AvgIpc) is 2.69. The molecule has 0 atom stereocenters. The summed E-state index contributed by atoms with van der Waals surface area (Å²) in [7, 11) is 1.56. The topological polar surface area (TPSA) is 38.8 Å². The van der Waals surface area contributed by atoms with Crippen LogP contribution in [0.3, 0.4) is 0 Å². The van der Waals surface area contributed by atoms with Crippen molar-refractivity contribution in [1.29, 1.82) is 0 Å². The lowest BCUT2D eigenvalue weighted by Gasteiger charge is -2.29. The highest BCUT2D eigenvalue weighted by Gasteiger charge is 2.18. The van der Waals surface area contributed by atoms with Gasteiger partial charge in [-0.3, -0.25) is 0 Å². The zero-order valence-electron chi connectivity index (χ0n) is 15.2. The molecule has 0 bridgehead atoms. The van der Waals surface area contributed by atoms with Gasteiger partial charge in [0.25, 0.3) is 0 Å². The molecule has 0 aromatic heterocycles. The molecule has 1 aliphatic heterocycles. The zero-order chi connectivity index (χ0) is 18.5. The fourth-order valence-electron chi connectivity index (χ4n) is 3.01. The van der Waals surface area contributed by atoms with E-state index in [1.807, 2.05) is 31.2 Å². The van der Waals surface area contributed by atoms with Gasteiger partial charge in [-0.15, -0.1) is 0 Å². The van der Waals surface area contributed by atoms with Crippen molar-refractivity contribution < 1.29 is 14.3 Å². The first kappa shape index (κ1) is 18.4. The van der Waals surface area contributed by atoms with Gasteiger partial charge < -0.3 is 14.4 Å². The van der Waals surface area contributed by atoms with Crippen molar-refractivity contribution in [3.05, 3.63) is 59.2 Å². The van der Waals surface area contributed by atoms with Crippen LogP contribution in [0.15, 0.2) is 42.5 Å². The molecule has 136 valence electrons. The molecule has 26 heavy (non-hydrogen) atoms. The SMILES string of the molecule is COc1cc(C(=S)N2CCCCC2)ccc1OC(=O)c1ccc(C)cc1. The predicted octanol–water partition coefficient (Wildman–Crippen LogP) is 4.38. The maximum Gasteiger partial charge on any atom is 0.343 e. The number of aryl methyl sites for hydroxylation is 1. The lowest BCUT2D eigenvalue weighted by Crippen LogP contribution is -2.34. The molecule has 0 amide bonds. The van der Waals surface area contributed by atoms with Gasteiger partial charge in [-0.1, -0.05) is 29.9 Å². The molecule has 0 unspecified atom stereocenters. The summed E-state index contributed by atoms with van der Waals surface area (Å²) in [6.07, 6.45) is 3.60. The summed E-state index contributed by atoms with van der Waals surface area (Å²) in [5.41, 5.74) is 2.51. The maximum absolute atomic E-state index is 12.3. The van der Waals surface area contributed by atoms with Crippen molar-refractivity contribution in [3.8, 4) is 11.5 Å². The molecule has 2 aromatic rings. The zero-order valence-corrected chi connectivity index (χ0v) is 16.0. The van der Waals surface area contributed by atoms with Crippen molar-refractivity contribution in [1.82, 2.24) is 4.90 Å². The van der Waals surface area contributed by atoms with Gasteiger partial charge in [-0.05, 0) is 56.5 Å². The Morgan fingerprint density at radius 1 is 0.962 bits per heavy atom. The minimum absolute atomic E-state index is 0.392. The third kappa shape index (κ3) is 4.22. The van der Waals surface area contributed by atoms with Crippen LogP contribution in [0, 0.1) is 6.92 Å². The minimum atomic E-state index is -0.408. The Kier molecular flexibility index (Phi) is 5.89. The number of nitrogens with zero attached hydrogens (tertiary/aromatic N) is 1. The molecule has 2 aromatic carbocycles. The summed E-state index contributed by atoms with van der Waals surface area (Å²) in [4.78, 5) is 15.4. The molecule has 1 heterocycles. The number of thiocarbonyl (C=S) groups is 1. The van der Waals surface area contributed by atoms with Crippen LogP contribution in [0.1, 0.15) is 40.7 Å². The Bertz CT molecular complexity index is 795. The van der Waals surface area contributed by atoms with E-state index in [0.717, 1.165) is 29.2 Å². The van der Waals surface area contributed by atoms with E-state index in [1.165, 1.54) is 19.3 Å². The van der Waals surface area contributed by atoms with Gasteiger partial charge in [0.2, 0.25) is 0 Å². The smallest absolute Gasteiger partial charge is 0.343 e. The van der Waals surface area contributed by atoms with Crippen LogP contribution < -0.4 is 9.47 Å². The first-order valence-electron chi connectivity index (χ1n) is 8.84. The van der Waals surface area contributed by atoms with Crippen LogP contribution in [0.5, 0.6) is 11.5 Å². The summed E-state index contributed by atoms with van der Waals surface area (Å²) in [6.45, 7) is 3.96. The van der Waals surface area contributed by atoms with Gasteiger partial charge in [0.05, 0.1) is 12.7 Å². The van der Waals surface area contributed by atoms with Crippen LogP contribution in [-0.4, -0.2) is 36.1 Å². The van der Waals surface area contributed by atoms with E-state index in [-0.39, 0.29) is 0 Å². The van der Waals surface area contributed by atoms with E-state index >= 15 is 0 Å². The number of hydrogen-bond donors (Lipinski definition) is 0. The molecule has 1 fully saturated rings. The fraction of sp³-hybridized carbons (Fsp3) is 0.333. The van der Waals surface area contributed by atoms with Gasteiger partial charge in [0.1, 0.15) is 4.99 Å². The van der Waals surface area contributed by atoms with E-state index in [0.29, 0.717) is 17.1 Å². The number of carbonyl (C=O) groups excluding carboxylic acids is 1. The van der Waals surface area contributed by atoms with Crippen molar-refractivity contribution in [2.75, 3.05) is 20.2 Å². The summed E-state index contributed by atoms with van der Waals surface area (Å²) in [5, 5.41) is 0. The standard InChI is InChI=1S/C21H23NO3S/c1-15-6-8-16(9-7-15)21(23)25-18-11-10-17(14-19(18)24-2)20(26)22-12-4-3-5-13-22/h6-11,14H,3-5,12-13H2,1-2H3. The highest BCUT2D eigenvalue weighted by molar-refractivity contribution is 7.80.